The molecular formula is C11H12ClN3O4. The van der Waals surface area contributed by atoms with Crippen molar-refractivity contribution < 1.29 is 20.1 Å². The van der Waals surface area contributed by atoms with Gasteiger partial charge in [0.05, 0.1) is 12.0 Å². The molecule has 2 aromatic rings. The number of ether oxygens (including phenoxy) is 1. The second-order valence-corrected chi connectivity index (χ2v) is 4.71. The first-order valence-corrected chi connectivity index (χ1v) is 6.10. The summed E-state index contributed by atoms with van der Waals surface area (Å²) in [4.78, 5) is 7.95. The van der Waals surface area contributed by atoms with Crippen LogP contribution in [-0.4, -0.2) is 54.8 Å². The number of halogens is 1. The zero-order valence-electron chi connectivity index (χ0n) is 9.72. The molecule has 0 radical (unpaired) electrons. The highest BCUT2D eigenvalue weighted by Gasteiger charge is 2.43. The average molecular weight is 286 g/mol. The Labute approximate surface area is 113 Å². The molecule has 1 fully saturated rings. The van der Waals surface area contributed by atoms with Crippen LogP contribution in [0.15, 0.2) is 18.6 Å². The van der Waals surface area contributed by atoms with Crippen LogP contribution >= 0.6 is 11.6 Å². The largest absolute Gasteiger partial charge is 0.394 e. The Morgan fingerprint density at radius 3 is 2.79 bits per heavy atom. The topological polar surface area (TPSA) is 101 Å². The van der Waals surface area contributed by atoms with E-state index < -0.39 is 24.5 Å². The summed E-state index contributed by atoms with van der Waals surface area (Å²) in [5.41, 5.74) is 0.495. The number of fused-ring (bicyclic) bond motifs is 1. The lowest BCUT2D eigenvalue weighted by molar-refractivity contribution is -0.0508. The summed E-state index contributed by atoms with van der Waals surface area (Å²) in [5, 5.41) is 29.7. The van der Waals surface area contributed by atoms with Gasteiger partial charge in [0.1, 0.15) is 35.4 Å². The van der Waals surface area contributed by atoms with Crippen molar-refractivity contribution in [2.24, 2.45) is 0 Å². The van der Waals surface area contributed by atoms with E-state index in [-0.39, 0.29) is 6.61 Å². The maximum Gasteiger partial charge on any atom is 0.164 e. The monoisotopic (exact) mass is 285 g/mol. The zero-order valence-corrected chi connectivity index (χ0v) is 10.5. The molecule has 2 aromatic heterocycles. The van der Waals surface area contributed by atoms with E-state index in [4.69, 9.17) is 21.4 Å². The lowest BCUT2D eigenvalue weighted by atomic mass is 10.1. The van der Waals surface area contributed by atoms with E-state index in [9.17, 15) is 10.2 Å². The van der Waals surface area contributed by atoms with Gasteiger partial charge in [0.2, 0.25) is 0 Å². The van der Waals surface area contributed by atoms with Crippen LogP contribution in [-0.2, 0) is 4.74 Å². The Kier molecular flexibility index (Phi) is 3.15. The minimum absolute atomic E-state index is 0.301. The Balaban J connectivity index is 2.04. The second-order valence-electron chi connectivity index (χ2n) is 4.35. The van der Waals surface area contributed by atoms with E-state index in [1.165, 1.54) is 6.33 Å². The lowest BCUT2D eigenvalue weighted by Gasteiger charge is -2.17. The average Bonchev–Trinajstić information content (AvgIpc) is 2.94. The van der Waals surface area contributed by atoms with Crippen LogP contribution in [0.25, 0.3) is 11.0 Å². The van der Waals surface area contributed by atoms with Gasteiger partial charge in [-0.1, -0.05) is 11.6 Å². The Morgan fingerprint density at radius 2 is 2.11 bits per heavy atom. The van der Waals surface area contributed by atoms with Gasteiger partial charge in [-0.15, -0.1) is 0 Å². The highest BCUT2D eigenvalue weighted by molar-refractivity contribution is 6.33. The Morgan fingerprint density at radius 1 is 1.32 bits per heavy atom. The molecule has 0 unspecified atom stereocenters. The molecule has 19 heavy (non-hydrogen) atoms. The van der Waals surface area contributed by atoms with Gasteiger partial charge in [-0.2, -0.15) is 0 Å². The first-order valence-electron chi connectivity index (χ1n) is 5.73. The highest BCUT2D eigenvalue weighted by Crippen LogP contribution is 2.32. The van der Waals surface area contributed by atoms with E-state index >= 15 is 0 Å². The molecule has 1 aliphatic rings. The highest BCUT2D eigenvalue weighted by atomic mass is 35.5. The van der Waals surface area contributed by atoms with Crippen molar-refractivity contribution >= 4 is 22.6 Å². The third-order valence-corrected chi connectivity index (χ3v) is 3.55. The molecule has 0 amide bonds. The molecule has 3 rings (SSSR count). The minimum atomic E-state index is -1.15. The summed E-state index contributed by atoms with van der Waals surface area (Å²) >= 11 is 5.94. The molecule has 0 bridgehead atoms. The summed E-state index contributed by atoms with van der Waals surface area (Å²) < 4.78 is 7.00. The van der Waals surface area contributed by atoms with Crippen LogP contribution < -0.4 is 0 Å². The number of nitrogens with zero attached hydrogens (tertiary/aromatic N) is 3. The van der Waals surface area contributed by atoms with Crippen molar-refractivity contribution in [2.75, 3.05) is 6.61 Å². The molecule has 3 heterocycles. The van der Waals surface area contributed by atoms with Crippen molar-refractivity contribution in [1.29, 1.82) is 0 Å². The zero-order chi connectivity index (χ0) is 13.6. The van der Waals surface area contributed by atoms with E-state index in [1.54, 1.807) is 16.8 Å². The Hall–Kier alpha value is -1.25. The van der Waals surface area contributed by atoms with Crippen molar-refractivity contribution in [3.05, 3.63) is 23.7 Å². The van der Waals surface area contributed by atoms with Crippen molar-refractivity contribution in [3.8, 4) is 0 Å². The summed E-state index contributed by atoms with van der Waals surface area (Å²) in [5.74, 6) is 0. The fourth-order valence-corrected chi connectivity index (χ4v) is 2.45. The molecule has 4 atom stereocenters. The molecule has 0 saturated carbocycles. The Bertz CT molecular complexity index is 605. The van der Waals surface area contributed by atoms with E-state index in [0.29, 0.717) is 16.2 Å². The predicted octanol–water partition coefficient (Wildman–Crippen LogP) is -0.304. The summed E-state index contributed by atoms with van der Waals surface area (Å²) in [7, 11) is 0. The van der Waals surface area contributed by atoms with Crippen LogP contribution in [0.4, 0.5) is 0 Å². The van der Waals surface area contributed by atoms with Gasteiger partial charge < -0.3 is 24.6 Å². The molecule has 7 nitrogen and oxygen atoms in total. The number of aliphatic hydroxyl groups excluding tert-OH is 3. The molecule has 3 N–H and O–H groups in total. The minimum Gasteiger partial charge on any atom is -0.394 e. The van der Waals surface area contributed by atoms with E-state index in [0.717, 1.165) is 0 Å². The second kappa shape index (κ2) is 4.69. The molecule has 8 heteroatoms. The van der Waals surface area contributed by atoms with Gasteiger partial charge in [-0.25, -0.2) is 9.97 Å². The molecule has 1 aliphatic heterocycles. The smallest absolute Gasteiger partial charge is 0.164 e. The molecule has 102 valence electrons. The number of rotatable bonds is 2. The molecule has 0 spiro atoms. The van der Waals surface area contributed by atoms with Crippen LogP contribution in [0.5, 0.6) is 0 Å². The number of aliphatic hydroxyl groups is 3. The summed E-state index contributed by atoms with van der Waals surface area (Å²) in [6.07, 6.45) is -0.995. The van der Waals surface area contributed by atoms with Crippen LogP contribution in [0, 0.1) is 0 Å². The quantitative estimate of drug-likeness (QED) is 0.655. The van der Waals surface area contributed by atoms with E-state index in [2.05, 4.69) is 9.97 Å². The molecular weight excluding hydrogens is 274 g/mol. The summed E-state index contributed by atoms with van der Waals surface area (Å²) in [6.45, 7) is -0.371. The van der Waals surface area contributed by atoms with Crippen LogP contribution in [0.2, 0.25) is 5.15 Å². The normalized spacial score (nSPS) is 31.2. The predicted molar refractivity (Wildman–Crippen MR) is 65.5 cm³/mol. The molecule has 1 saturated heterocycles. The van der Waals surface area contributed by atoms with Crippen LogP contribution in [0.3, 0.4) is 0 Å². The SMILES string of the molecule is OC[C@H]1O[C@H](n2ccc3c(Cl)ncnc32)[C@H](O)[C@@H]1O. The van der Waals surface area contributed by atoms with Gasteiger partial charge in [0, 0.05) is 6.20 Å². The fraction of sp³-hybridized carbons (Fsp3) is 0.455. The lowest BCUT2D eigenvalue weighted by Crippen LogP contribution is -2.33. The maximum absolute atomic E-state index is 9.98. The molecule has 0 aliphatic carbocycles. The van der Waals surface area contributed by atoms with Gasteiger partial charge in [-0.3, -0.25) is 0 Å². The maximum atomic E-state index is 9.98. The number of hydrogen-bond donors (Lipinski definition) is 3. The van der Waals surface area contributed by atoms with Crippen molar-refractivity contribution in [1.82, 2.24) is 14.5 Å². The van der Waals surface area contributed by atoms with Crippen molar-refractivity contribution in [2.45, 2.75) is 24.5 Å². The van der Waals surface area contributed by atoms with Gasteiger partial charge in [-0.05, 0) is 6.07 Å². The first kappa shape index (κ1) is 12.8. The first-order chi connectivity index (χ1) is 9.13. The third-order valence-electron chi connectivity index (χ3n) is 3.25. The number of hydrogen-bond acceptors (Lipinski definition) is 6. The van der Waals surface area contributed by atoms with Crippen LogP contribution in [0.1, 0.15) is 6.23 Å². The van der Waals surface area contributed by atoms with Crippen molar-refractivity contribution in [3.63, 3.8) is 0 Å². The van der Waals surface area contributed by atoms with Gasteiger partial charge in [0.25, 0.3) is 0 Å². The number of aromatic nitrogens is 3. The molecule has 0 aromatic carbocycles. The van der Waals surface area contributed by atoms with E-state index in [1.807, 2.05) is 0 Å². The third kappa shape index (κ3) is 1.90. The summed E-state index contributed by atoms with van der Waals surface area (Å²) in [6, 6.07) is 1.70. The standard InChI is InChI=1S/C11H12ClN3O4/c12-9-5-1-2-15(10(5)14-4-13-9)11-8(18)7(17)6(3-16)19-11/h1-2,4,6-8,11,16-18H,3H2/t6-,7-,8-,11+/m1/s1. The fourth-order valence-electron chi connectivity index (χ4n) is 2.26. The van der Waals surface area contributed by atoms with Gasteiger partial charge >= 0.3 is 0 Å². The van der Waals surface area contributed by atoms with Gasteiger partial charge in [0.15, 0.2) is 6.23 Å².